The lowest BCUT2D eigenvalue weighted by Gasteiger charge is -2.06. The maximum Gasteiger partial charge on any atom is 0.269 e. The van der Waals surface area contributed by atoms with Gasteiger partial charge in [-0.2, -0.15) is 0 Å². The zero-order valence-electron chi connectivity index (χ0n) is 9.25. The number of carbonyl (C=O) groups is 1. The molecule has 1 aromatic carbocycles. The minimum atomic E-state index is -0.617. The number of aromatic nitrogens is 2. The predicted molar refractivity (Wildman–Crippen MR) is 61.8 cm³/mol. The molecular formula is C12H11N3O2. The summed E-state index contributed by atoms with van der Waals surface area (Å²) in [6.07, 6.45) is 1.45. The molecule has 0 radical (unpaired) electrons. The number of hydrogen-bond acceptors (Lipinski definition) is 4. The maximum absolute atomic E-state index is 11.1. The minimum absolute atomic E-state index is 0.124. The summed E-state index contributed by atoms with van der Waals surface area (Å²) in [4.78, 5) is 19.1. The molecule has 0 aliphatic rings. The van der Waals surface area contributed by atoms with E-state index in [1.54, 1.807) is 19.1 Å². The number of aryl methyl sites for hydroxylation is 1. The van der Waals surface area contributed by atoms with Crippen LogP contribution in [-0.2, 0) is 0 Å². The van der Waals surface area contributed by atoms with Crippen molar-refractivity contribution in [3.05, 3.63) is 47.9 Å². The van der Waals surface area contributed by atoms with E-state index in [0.717, 1.165) is 0 Å². The lowest BCUT2D eigenvalue weighted by Crippen LogP contribution is -2.16. The molecule has 1 amide bonds. The molecule has 1 heterocycles. The number of nitrogens with two attached hydrogens (primary N) is 1. The van der Waals surface area contributed by atoms with E-state index >= 15 is 0 Å². The Morgan fingerprint density at radius 1 is 1.29 bits per heavy atom. The summed E-state index contributed by atoms with van der Waals surface area (Å²) in [5, 5.41) is 0. The fourth-order valence-corrected chi connectivity index (χ4v) is 1.32. The average molecular weight is 229 g/mol. The van der Waals surface area contributed by atoms with Crippen molar-refractivity contribution >= 4 is 5.91 Å². The van der Waals surface area contributed by atoms with Crippen LogP contribution in [0.5, 0.6) is 11.6 Å². The summed E-state index contributed by atoms with van der Waals surface area (Å²) in [7, 11) is 0. The second-order valence-corrected chi connectivity index (χ2v) is 3.42. The number of nitrogens with zero attached hydrogens (tertiary/aromatic N) is 2. The van der Waals surface area contributed by atoms with E-state index in [0.29, 0.717) is 11.4 Å². The van der Waals surface area contributed by atoms with E-state index < -0.39 is 5.91 Å². The van der Waals surface area contributed by atoms with Crippen LogP contribution in [0.3, 0.4) is 0 Å². The molecule has 5 nitrogen and oxygen atoms in total. The van der Waals surface area contributed by atoms with E-state index in [-0.39, 0.29) is 11.6 Å². The first-order valence-corrected chi connectivity index (χ1v) is 5.03. The molecule has 1 aromatic heterocycles. The number of benzene rings is 1. The summed E-state index contributed by atoms with van der Waals surface area (Å²) < 4.78 is 5.44. The maximum atomic E-state index is 11.1. The smallest absolute Gasteiger partial charge is 0.269 e. The fourth-order valence-electron chi connectivity index (χ4n) is 1.32. The summed E-state index contributed by atoms with van der Waals surface area (Å²) in [6.45, 7) is 1.67. The van der Waals surface area contributed by atoms with Gasteiger partial charge in [-0.05, 0) is 19.1 Å². The molecule has 0 aliphatic heterocycles. The van der Waals surface area contributed by atoms with Gasteiger partial charge in [0.05, 0.1) is 11.9 Å². The van der Waals surface area contributed by atoms with Crippen LogP contribution in [0.4, 0.5) is 0 Å². The molecule has 0 unspecified atom stereocenters. The molecule has 2 N–H and O–H groups in total. The molecule has 86 valence electrons. The SMILES string of the molecule is Cc1ncc(Oc2ccccc2)nc1C(N)=O. The molecule has 0 fully saturated rings. The van der Waals surface area contributed by atoms with Crippen LogP contribution < -0.4 is 10.5 Å². The van der Waals surface area contributed by atoms with E-state index in [9.17, 15) is 4.79 Å². The van der Waals surface area contributed by atoms with Gasteiger partial charge in [0, 0.05) is 0 Å². The van der Waals surface area contributed by atoms with Gasteiger partial charge in [-0.15, -0.1) is 0 Å². The molecule has 2 rings (SSSR count). The van der Waals surface area contributed by atoms with Gasteiger partial charge in [0.2, 0.25) is 5.88 Å². The standard InChI is InChI=1S/C12H11N3O2/c1-8-11(12(13)16)15-10(7-14-8)17-9-5-3-2-4-6-9/h2-7H,1H3,(H2,13,16). The number of hydrogen-bond donors (Lipinski definition) is 1. The van der Waals surface area contributed by atoms with Crippen molar-refractivity contribution in [3.63, 3.8) is 0 Å². The highest BCUT2D eigenvalue weighted by atomic mass is 16.5. The third-order valence-electron chi connectivity index (χ3n) is 2.13. The summed E-state index contributed by atoms with van der Waals surface area (Å²) >= 11 is 0. The van der Waals surface area contributed by atoms with Crippen LogP contribution in [0.2, 0.25) is 0 Å². The normalized spacial score (nSPS) is 9.94. The zero-order valence-corrected chi connectivity index (χ0v) is 9.25. The first-order valence-electron chi connectivity index (χ1n) is 5.03. The first-order chi connectivity index (χ1) is 8.16. The molecule has 2 aromatic rings. The molecule has 0 atom stereocenters. The molecule has 0 saturated carbocycles. The fraction of sp³-hybridized carbons (Fsp3) is 0.0833. The predicted octanol–water partition coefficient (Wildman–Crippen LogP) is 1.68. The lowest BCUT2D eigenvalue weighted by molar-refractivity contribution is 0.0993. The number of carbonyl (C=O) groups excluding carboxylic acids is 1. The van der Waals surface area contributed by atoms with Crippen molar-refractivity contribution in [2.45, 2.75) is 6.92 Å². The largest absolute Gasteiger partial charge is 0.437 e. The van der Waals surface area contributed by atoms with Crippen LogP contribution in [0.15, 0.2) is 36.5 Å². The third kappa shape index (κ3) is 2.57. The van der Waals surface area contributed by atoms with Crippen LogP contribution >= 0.6 is 0 Å². The van der Waals surface area contributed by atoms with Crippen molar-refractivity contribution < 1.29 is 9.53 Å². The molecular weight excluding hydrogens is 218 g/mol. The Morgan fingerprint density at radius 3 is 2.65 bits per heavy atom. The van der Waals surface area contributed by atoms with Crippen molar-refractivity contribution in [3.8, 4) is 11.6 Å². The highest BCUT2D eigenvalue weighted by Crippen LogP contribution is 2.18. The van der Waals surface area contributed by atoms with Crippen molar-refractivity contribution in [1.82, 2.24) is 9.97 Å². The average Bonchev–Trinajstić information content (AvgIpc) is 2.32. The Kier molecular flexibility index (Phi) is 3.00. The Morgan fingerprint density at radius 2 is 2.00 bits per heavy atom. The van der Waals surface area contributed by atoms with Gasteiger partial charge in [0.25, 0.3) is 5.91 Å². The van der Waals surface area contributed by atoms with Gasteiger partial charge < -0.3 is 10.5 Å². The van der Waals surface area contributed by atoms with Crippen LogP contribution in [0, 0.1) is 6.92 Å². The monoisotopic (exact) mass is 229 g/mol. The molecule has 17 heavy (non-hydrogen) atoms. The summed E-state index contributed by atoms with van der Waals surface area (Å²) in [6, 6.07) is 9.12. The molecule has 0 bridgehead atoms. The lowest BCUT2D eigenvalue weighted by atomic mass is 10.3. The number of ether oxygens (including phenoxy) is 1. The van der Waals surface area contributed by atoms with Gasteiger partial charge in [-0.25, -0.2) is 4.98 Å². The Balaban J connectivity index is 2.29. The number of rotatable bonds is 3. The Hall–Kier alpha value is -2.43. The number of primary amides is 1. The zero-order chi connectivity index (χ0) is 12.3. The van der Waals surface area contributed by atoms with E-state index in [1.807, 2.05) is 18.2 Å². The van der Waals surface area contributed by atoms with Crippen LogP contribution in [0.1, 0.15) is 16.2 Å². The van der Waals surface area contributed by atoms with Crippen molar-refractivity contribution in [2.24, 2.45) is 5.73 Å². The van der Waals surface area contributed by atoms with Gasteiger partial charge >= 0.3 is 0 Å². The van der Waals surface area contributed by atoms with Crippen LogP contribution in [0.25, 0.3) is 0 Å². The summed E-state index contributed by atoms with van der Waals surface area (Å²) in [5.41, 5.74) is 5.79. The van der Waals surface area contributed by atoms with E-state index in [1.165, 1.54) is 6.20 Å². The minimum Gasteiger partial charge on any atom is -0.437 e. The van der Waals surface area contributed by atoms with Gasteiger partial charge in [0.1, 0.15) is 5.75 Å². The highest BCUT2D eigenvalue weighted by molar-refractivity contribution is 5.91. The first kappa shape index (κ1) is 11.1. The topological polar surface area (TPSA) is 78.1 Å². The van der Waals surface area contributed by atoms with Crippen LogP contribution in [-0.4, -0.2) is 15.9 Å². The molecule has 0 aliphatic carbocycles. The van der Waals surface area contributed by atoms with Gasteiger partial charge in [0.15, 0.2) is 5.69 Å². The van der Waals surface area contributed by atoms with E-state index in [2.05, 4.69) is 9.97 Å². The highest BCUT2D eigenvalue weighted by Gasteiger charge is 2.10. The summed E-state index contributed by atoms with van der Waals surface area (Å²) in [5.74, 6) is 0.255. The quantitative estimate of drug-likeness (QED) is 0.868. The van der Waals surface area contributed by atoms with Gasteiger partial charge in [-0.1, -0.05) is 18.2 Å². The second-order valence-electron chi connectivity index (χ2n) is 3.42. The van der Waals surface area contributed by atoms with Crippen molar-refractivity contribution in [1.29, 1.82) is 0 Å². The second kappa shape index (κ2) is 4.61. The molecule has 0 saturated heterocycles. The molecule has 5 heteroatoms. The van der Waals surface area contributed by atoms with Crippen molar-refractivity contribution in [2.75, 3.05) is 0 Å². The number of amides is 1. The third-order valence-corrected chi connectivity index (χ3v) is 2.13. The van der Waals surface area contributed by atoms with Gasteiger partial charge in [-0.3, -0.25) is 9.78 Å². The van der Waals surface area contributed by atoms with E-state index in [4.69, 9.17) is 10.5 Å². The number of para-hydroxylation sites is 1. The molecule has 0 spiro atoms. The Bertz CT molecular complexity index is 541. The Labute approximate surface area is 98.3 Å².